The molecule has 0 aromatic carbocycles. The third kappa shape index (κ3) is 5.38. The summed E-state index contributed by atoms with van der Waals surface area (Å²) in [6.07, 6.45) is 5.14. The van der Waals surface area contributed by atoms with Crippen LogP contribution in [0.15, 0.2) is 0 Å². The second kappa shape index (κ2) is 7.24. The fraction of sp³-hybridized carbons (Fsp3) is 0.846. The van der Waals surface area contributed by atoms with Crippen molar-refractivity contribution < 1.29 is 14.7 Å². The molecular formula is C13H24N2O3. The van der Waals surface area contributed by atoms with Gasteiger partial charge < -0.3 is 15.3 Å². The van der Waals surface area contributed by atoms with Gasteiger partial charge in [0.15, 0.2) is 0 Å². The molecule has 2 atom stereocenters. The van der Waals surface area contributed by atoms with E-state index in [-0.39, 0.29) is 18.5 Å². The molecule has 0 aromatic rings. The Morgan fingerprint density at radius 2 is 2.11 bits per heavy atom. The standard InChI is InChI=1S/C13H24N2O3/c1-10-5-3-6-11(9-10)14-13(18)15(2)8-4-7-12(16)17/h10-11H,3-9H2,1-2H3,(H,14,18)(H,16,17). The Bertz CT molecular complexity index is 294. The first-order valence-corrected chi connectivity index (χ1v) is 6.72. The number of nitrogens with one attached hydrogen (secondary N) is 1. The van der Waals surface area contributed by atoms with Crippen molar-refractivity contribution in [3.05, 3.63) is 0 Å². The Hall–Kier alpha value is -1.26. The summed E-state index contributed by atoms with van der Waals surface area (Å²) < 4.78 is 0. The van der Waals surface area contributed by atoms with E-state index in [0.29, 0.717) is 18.9 Å². The third-order valence-corrected chi connectivity index (χ3v) is 3.49. The van der Waals surface area contributed by atoms with E-state index in [4.69, 9.17) is 5.11 Å². The molecule has 0 spiro atoms. The number of urea groups is 1. The van der Waals surface area contributed by atoms with Crippen LogP contribution in [0.5, 0.6) is 0 Å². The summed E-state index contributed by atoms with van der Waals surface area (Å²) in [4.78, 5) is 23.8. The number of amides is 2. The van der Waals surface area contributed by atoms with Gasteiger partial charge >= 0.3 is 12.0 Å². The number of carboxylic acid groups (broad SMARTS) is 1. The Morgan fingerprint density at radius 1 is 1.39 bits per heavy atom. The first kappa shape index (κ1) is 14.8. The molecule has 1 aliphatic rings. The lowest BCUT2D eigenvalue weighted by Gasteiger charge is -2.29. The number of rotatable bonds is 5. The summed E-state index contributed by atoms with van der Waals surface area (Å²) in [5, 5.41) is 11.6. The zero-order valence-corrected chi connectivity index (χ0v) is 11.3. The summed E-state index contributed by atoms with van der Waals surface area (Å²) >= 11 is 0. The van der Waals surface area contributed by atoms with E-state index < -0.39 is 5.97 Å². The Morgan fingerprint density at radius 3 is 2.72 bits per heavy atom. The van der Waals surface area contributed by atoms with Crippen LogP contribution in [-0.2, 0) is 4.79 Å². The van der Waals surface area contributed by atoms with Crippen molar-refractivity contribution in [1.29, 1.82) is 0 Å². The number of aliphatic carboxylic acids is 1. The van der Waals surface area contributed by atoms with E-state index in [9.17, 15) is 9.59 Å². The Balaban J connectivity index is 2.24. The van der Waals surface area contributed by atoms with Gasteiger partial charge in [-0.1, -0.05) is 19.8 Å². The van der Waals surface area contributed by atoms with Crippen molar-refractivity contribution in [3.63, 3.8) is 0 Å². The predicted molar refractivity (Wildman–Crippen MR) is 69.5 cm³/mol. The van der Waals surface area contributed by atoms with E-state index in [1.54, 1.807) is 11.9 Å². The average Bonchev–Trinajstić information content (AvgIpc) is 2.28. The van der Waals surface area contributed by atoms with Crippen molar-refractivity contribution in [2.75, 3.05) is 13.6 Å². The van der Waals surface area contributed by atoms with Crippen LogP contribution in [0.3, 0.4) is 0 Å². The van der Waals surface area contributed by atoms with Crippen LogP contribution >= 0.6 is 0 Å². The molecule has 2 unspecified atom stereocenters. The van der Waals surface area contributed by atoms with Crippen LogP contribution in [0.1, 0.15) is 45.4 Å². The van der Waals surface area contributed by atoms with Gasteiger partial charge in [0, 0.05) is 26.1 Å². The van der Waals surface area contributed by atoms with Crippen LogP contribution < -0.4 is 5.32 Å². The lowest BCUT2D eigenvalue weighted by Crippen LogP contribution is -2.45. The zero-order chi connectivity index (χ0) is 13.5. The number of hydrogen-bond donors (Lipinski definition) is 2. The number of carbonyl (C=O) groups excluding carboxylic acids is 1. The lowest BCUT2D eigenvalue weighted by atomic mass is 9.87. The Labute approximate surface area is 109 Å². The highest BCUT2D eigenvalue weighted by molar-refractivity contribution is 5.74. The number of carbonyl (C=O) groups is 2. The molecule has 18 heavy (non-hydrogen) atoms. The van der Waals surface area contributed by atoms with Crippen LogP contribution in [0.25, 0.3) is 0 Å². The van der Waals surface area contributed by atoms with Crippen molar-refractivity contribution in [3.8, 4) is 0 Å². The monoisotopic (exact) mass is 256 g/mol. The predicted octanol–water partition coefficient (Wildman–Crippen LogP) is 2.07. The molecule has 1 saturated carbocycles. The minimum absolute atomic E-state index is 0.0838. The van der Waals surface area contributed by atoms with Crippen molar-refractivity contribution in [2.24, 2.45) is 5.92 Å². The summed E-state index contributed by atoms with van der Waals surface area (Å²) in [5.74, 6) is -0.133. The van der Waals surface area contributed by atoms with E-state index in [2.05, 4.69) is 12.2 Å². The summed E-state index contributed by atoms with van der Waals surface area (Å²) in [6.45, 7) is 2.70. The van der Waals surface area contributed by atoms with E-state index in [0.717, 1.165) is 12.8 Å². The molecule has 0 bridgehead atoms. The molecule has 1 aliphatic carbocycles. The van der Waals surface area contributed by atoms with Crippen LogP contribution in [0.4, 0.5) is 4.79 Å². The number of hydrogen-bond acceptors (Lipinski definition) is 2. The SMILES string of the molecule is CC1CCCC(NC(=O)N(C)CCCC(=O)O)C1. The second-order valence-corrected chi connectivity index (χ2v) is 5.34. The second-order valence-electron chi connectivity index (χ2n) is 5.34. The molecule has 0 radical (unpaired) electrons. The smallest absolute Gasteiger partial charge is 0.317 e. The highest BCUT2D eigenvalue weighted by Gasteiger charge is 2.21. The maximum absolute atomic E-state index is 11.9. The highest BCUT2D eigenvalue weighted by Crippen LogP contribution is 2.23. The molecule has 1 fully saturated rings. The quantitative estimate of drug-likeness (QED) is 0.791. The van der Waals surface area contributed by atoms with Crippen molar-refractivity contribution in [2.45, 2.75) is 51.5 Å². The fourth-order valence-corrected chi connectivity index (χ4v) is 2.42. The molecule has 104 valence electrons. The minimum Gasteiger partial charge on any atom is -0.481 e. The fourth-order valence-electron chi connectivity index (χ4n) is 2.42. The van der Waals surface area contributed by atoms with Crippen molar-refractivity contribution in [1.82, 2.24) is 10.2 Å². The molecule has 0 aromatic heterocycles. The van der Waals surface area contributed by atoms with Gasteiger partial charge in [-0.2, -0.15) is 0 Å². The molecule has 2 N–H and O–H groups in total. The van der Waals surface area contributed by atoms with Crippen LogP contribution in [0, 0.1) is 5.92 Å². The van der Waals surface area contributed by atoms with Gasteiger partial charge in [0.05, 0.1) is 0 Å². The summed E-state index contributed by atoms with van der Waals surface area (Å²) in [7, 11) is 1.71. The van der Waals surface area contributed by atoms with Gasteiger partial charge in [-0.25, -0.2) is 4.79 Å². The molecule has 0 aliphatic heterocycles. The highest BCUT2D eigenvalue weighted by atomic mass is 16.4. The van der Waals surface area contributed by atoms with Gasteiger partial charge in [-0.05, 0) is 25.2 Å². The molecule has 5 nitrogen and oxygen atoms in total. The van der Waals surface area contributed by atoms with E-state index >= 15 is 0 Å². The third-order valence-electron chi connectivity index (χ3n) is 3.49. The maximum Gasteiger partial charge on any atom is 0.317 e. The van der Waals surface area contributed by atoms with Gasteiger partial charge in [0.25, 0.3) is 0 Å². The first-order chi connectivity index (χ1) is 8.49. The summed E-state index contributed by atoms with van der Waals surface area (Å²) in [6, 6.07) is 0.197. The normalized spacial score (nSPS) is 23.4. The molecule has 1 rings (SSSR count). The van der Waals surface area contributed by atoms with Gasteiger partial charge in [0.2, 0.25) is 0 Å². The minimum atomic E-state index is -0.815. The van der Waals surface area contributed by atoms with Gasteiger partial charge in [-0.3, -0.25) is 4.79 Å². The summed E-state index contributed by atoms with van der Waals surface area (Å²) in [5.41, 5.74) is 0. The largest absolute Gasteiger partial charge is 0.481 e. The Kier molecular flexibility index (Phi) is 5.95. The molecule has 2 amide bonds. The topological polar surface area (TPSA) is 69.6 Å². The zero-order valence-electron chi connectivity index (χ0n) is 11.3. The molecule has 0 heterocycles. The number of carboxylic acids is 1. The van der Waals surface area contributed by atoms with Crippen LogP contribution in [0.2, 0.25) is 0 Å². The lowest BCUT2D eigenvalue weighted by molar-refractivity contribution is -0.137. The average molecular weight is 256 g/mol. The molecule has 5 heteroatoms. The maximum atomic E-state index is 11.9. The molecule has 0 saturated heterocycles. The van der Waals surface area contributed by atoms with E-state index in [1.165, 1.54) is 12.8 Å². The van der Waals surface area contributed by atoms with Crippen LogP contribution in [-0.4, -0.2) is 41.6 Å². The van der Waals surface area contributed by atoms with E-state index in [1.807, 2.05) is 0 Å². The van der Waals surface area contributed by atoms with Crippen molar-refractivity contribution >= 4 is 12.0 Å². The molecular weight excluding hydrogens is 232 g/mol. The van der Waals surface area contributed by atoms with Gasteiger partial charge in [-0.15, -0.1) is 0 Å². The number of nitrogens with zero attached hydrogens (tertiary/aromatic N) is 1. The van der Waals surface area contributed by atoms with Gasteiger partial charge in [0.1, 0.15) is 0 Å². The first-order valence-electron chi connectivity index (χ1n) is 6.72.